The summed E-state index contributed by atoms with van der Waals surface area (Å²) in [4.78, 5) is 10.5. The molecular weight excluding hydrogens is 273 g/mol. The molecule has 98 valence electrons. The fourth-order valence-electron chi connectivity index (χ4n) is 1.62. The van der Waals surface area contributed by atoms with E-state index in [0.717, 1.165) is 6.07 Å². The Morgan fingerprint density at radius 2 is 2.00 bits per heavy atom. The minimum Gasteiger partial charge on any atom is -0.448 e. The zero-order chi connectivity index (χ0) is 14.0. The van der Waals surface area contributed by atoms with Crippen LogP contribution in [-0.2, 0) is 0 Å². The Hall–Kier alpha value is -2.14. The molecule has 0 aliphatic carbocycles. The van der Waals surface area contributed by atoms with Gasteiger partial charge in [-0.2, -0.15) is 0 Å². The van der Waals surface area contributed by atoms with E-state index in [9.17, 15) is 14.5 Å². The number of nitro groups is 1. The number of halogens is 2. The Kier molecular flexibility index (Phi) is 3.66. The third-order valence-corrected chi connectivity index (χ3v) is 2.81. The second-order valence-electron chi connectivity index (χ2n) is 3.86. The fraction of sp³-hybridized carbons (Fsp3) is 0.0769. The van der Waals surface area contributed by atoms with E-state index >= 15 is 0 Å². The number of nitrogens with zero attached hydrogens (tertiary/aromatic N) is 1. The summed E-state index contributed by atoms with van der Waals surface area (Å²) in [5, 5.41) is 11.2. The van der Waals surface area contributed by atoms with Crippen molar-refractivity contribution in [2.75, 3.05) is 0 Å². The number of benzene rings is 2. The van der Waals surface area contributed by atoms with Gasteiger partial charge in [0.2, 0.25) is 5.75 Å². The van der Waals surface area contributed by atoms with Gasteiger partial charge in [-0.3, -0.25) is 10.1 Å². The third-order valence-electron chi connectivity index (χ3n) is 2.50. The van der Waals surface area contributed by atoms with Crippen molar-refractivity contribution in [3.05, 3.63) is 62.9 Å². The van der Waals surface area contributed by atoms with Gasteiger partial charge in [-0.15, -0.1) is 0 Å². The van der Waals surface area contributed by atoms with Gasteiger partial charge < -0.3 is 4.74 Å². The molecule has 0 bridgehead atoms. The van der Waals surface area contributed by atoms with Crippen LogP contribution in [0.2, 0.25) is 5.02 Å². The van der Waals surface area contributed by atoms with Crippen LogP contribution < -0.4 is 4.74 Å². The van der Waals surface area contributed by atoms with Gasteiger partial charge in [0, 0.05) is 11.6 Å². The molecular formula is C13H9ClFNO3. The van der Waals surface area contributed by atoms with E-state index in [0.29, 0.717) is 5.56 Å². The molecule has 0 aromatic heterocycles. The molecule has 0 saturated carbocycles. The lowest BCUT2D eigenvalue weighted by molar-refractivity contribution is -0.386. The zero-order valence-corrected chi connectivity index (χ0v) is 10.6. The Balaban J connectivity index is 2.46. The highest BCUT2D eigenvalue weighted by Crippen LogP contribution is 2.36. The largest absolute Gasteiger partial charge is 0.448 e. The molecule has 2 aromatic rings. The molecule has 2 aromatic carbocycles. The molecule has 0 radical (unpaired) electrons. The van der Waals surface area contributed by atoms with Crippen molar-refractivity contribution >= 4 is 17.3 Å². The van der Waals surface area contributed by atoms with E-state index in [4.69, 9.17) is 16.3 Å². The third kappa shape index (κ3) is 2.82. The van der Waals surface area contributed by atoms with Gasteiger partial charge in [0.1, 0.15) is 11.6 Å². The first-order valence-corrected chi connectivity index (χ1v) is 5.73. The van der Waals surface area contributed by atoms with Gasteiger partial charge in [-0.1, -0.05) is 23.7 Å². The second-order valence-corrected chi connectivity index (χ2v) is 4.26. The van der Waals surface area contributed by atoms with Crippen molar-refractivity contribution in [3.63, 3.8) is 0 Å². The maximum Gasteiger partial charge on any atom is 0.314 e. The van der Waals surface area contributed by atoms with Crippen molar-refractivity contribution in [1.82, 2.24) is 0 Å². The minimum atomic E-state index is -0.544. The SMILES string of the molecule is Cc1cccc(Oc2cc(F)ccc2Cl)c1[N+](=O)[O-]. The van der Waals surface area contributed by atoms with Crippen LogP contribution in [0.1, 0.15) is 5.56 Å². The maximum absolute atomic E-state index is 13.1. The number of hydrogen-bond donors (Lipinski definition) is 0. The first kappa shape index (κ1) is 13.3. The van der Waals surface area contributed by atoms with Crippen molar-refractivity contribution in [2.24, 2.45) is 0 Å². The summed E-state index contributed by atoms with van der Waals surface area (Å²) >= 11 is 5.86. The second kappa shape index (κ2) is 5.24. The van der Waals surface area contributed by atoms with Crippen molar-refractivity contribution < 1.29 is 14.1 Å². The molecule has 0 atom stereocenters. The summed E-state index contributed by atoms with van der Waals surface area (Å²) in [6.07, 6.45) is 0. The summed E-state index contributed by atoms with van der Waals surface area (Å²) < 4.78 is 18.5. The zero-order valence-electron chi connectivity index (χ0n) is 9.89. The molecule has 0 spiro atoms. The molecule has 0 saturated heterocycles. The number of aryl methyl sites for hydroxylation is 1. The van der Waals surface area contributed by atoms with E-state index in [1.165, 1.54) is 18.2 Å². The van der Waals surface area contributed by atoms with Gasteiger partial charge in [0.15, 0.2) is 0 Å². The van der Waals surface area contributed by atoms with E-state index in [-0.39, 0.29) is 22.2 Å². The van der Waals surface area contributed by atoms with E-state index < -0.39 is 10.7 Å². The predicted molar refractivity (Wildman–Crippen MR) is 69.3 cm³/mol. The minimum absolute atomic E-state index is 0.0255. The van der Waals surface area contributed by atoms with Gasteiger partial charge in [0.05, 0.1) is 9.95 Å². The molecule has 6 heteroatoms. The molecule has 0 aliphatic rings. The quantitative estimate of drug-likeness (QED) is 0.615. The molecule has 0 amide bonds. The average Bonchev–Trinajstić information content (AvgIpc) is 2.33. The van der Waals surface area contributed by atoms with Crippen LogP contribution in [0.15, 0.2) is 36.4 Å². The molecule has 0 fully saturated rings. The number of ether oxygens (including phenoxy) is 1. The molecule has 0 unspecified atom stereocenters. The van der Waals surface area contributed by atoms with Gasteiger partial charge in [0.25, 0.3) is 0 Å². The standard InChI is InChI=1S/C13H9ClFNO3/c1-8-3-2-4-11(13(8)16(17)18)19-12-7-9(15)5-6-10(12)14/h2-7H,1H3. The molecule has 0 N–H and O–H groups in total. The van der Waals surface area contributed by atoms with E-state index in [2.05, 4.69) is 0 Å². The summed E-state index contributed by atoms with van der Waals surface area (Å²) in [7, 11) is 0. The number of para-hydroxylation sites is 1. The monoisotopic (exact) mass is 281 g/mol. The lowest BCUT2D eigenvalue weighted by Crippen LogP contribution is -1.96. The Bertz CT molecular complexity index is 646. The number of nitro benzene ring substituents is 1. The van der Waals surface area contributed by atoms with Crippen LogP contribution in [0.5, 0.6) is 11.5 Å². The highest BCUT2D eigenvalue weighted by molar-refractivity contribution is 6.32. The highest BCUT2D eigenvalue weighted by atomic mass is 35.5. The number of rotatable bonds is 3. The van der Waals surface area contributed by atoms with E-state index in [1.54, 1.807) is 19.1 Å². The normalized spacial score (nSPS) is 10.3. The van der Waals surface area contributed by atoms with Gasteiger partial charge in [-0.25, -0.2) is 4.39 Å². The fourth-order valence-corrected chi connectivity index (χ4v) is 1.78. The van der Waals surface area contributed by atoms with Gasteiger partial charge >= 0.3 is 5.69 Å². The highest BCUT2D eigenvalue weighted by Gasteiger charge is 2.19. The lowest BCUT2D eigenvalue weighted by Gasteiger charge is -2.09. The average molecular weight is 282 g/mol. The first-order chi connectivity index (χ1) is 8.99. The van der Waals surface area contributed by atoms with Crippen molar-refractivity contribution in [2.45, 2.75) is 6.92 Å². The van der Waals surface area contributed by atoms with Crippen LogP contribution in [-0.4, -0.2) is 4.92 Å². The lowest BCUT2D eigenvalue weighted by atomic mass is 10.2. The Labute approximate surface area is 113 Å². The van der Waals surface area contributed by atoms with Crippen LogP contribution in [0.3, 0.4) is 0 Å². The van der Waals surface area contributed by atoms with Crippen molar-refractivity contribution in [3.8, 4) is 11.5 Å². The molecule has 19 heavy (non-hydrogen) atoms. The molecule has 0 heterocycles. The van der Waals surface area contributed by atoms with E-state index in [1.807, 2.05) is 0 Å². The number of hydrogen-bond acceptors (Lipinski definition) is 3. The molecule has 0 aliphatic heterocycles. The maximum atomic E-state index is 13.1. The molecule has 2 rings (SSSR count). The van der Waals surface area contributed by atoms with Gasteiger partial charge in [-0.05, 0) is 25.1 Å². The van der Waals surface area contributed by atoms with Crippen LogP contribution >= 0.6 is 11.6 Å². The summed E-state index contributed by atoms with van der Waals surface area (Å²) in [6.45, 7) is 1.60. The summed E-state index contributed by atoms with van der Waals surface area (Å²) in [5.41, 5.74) is 0.290. The Morgan fingerprint density at radius 3 is 2.68 bits per heavy atom. The summed E-state index contributed by atoms with van der Waals surface area (Å²) in [5.74, 6) is -0.470. The van der Waals surface area contributed by atoms with Crippen LogP contribution in [0.4, 0.5) is 10.1 Å². The smallest absolute Gasteiger partial charge is 0.314 e. The topological polar surface area (TPSA) is 52.4 Å². The Morgan fingerprint density at radius 1 is 1.26 bits per heavy atom. The first-order valence-electron chi connectivity index (χ1n) is 5.36. The summed E-state index contributed by atoms with van der Waals surface area (Å²) in [6, 6.07) is 8.23. The predicted octanol–water partition coefficient (Wildman–Crippen LogP) is 4.49. The van der Waals surface area contributed by atoms with Crippen LogP contribution in [0, 0.1) is 22.9 Å². The van der Waals surface area contributed by atoms with Crippen molar-refractivity contribution in [1.29, 1.82) is 0 Å². The molecule has 4 nitrogen and oxygen atoms in total. The van der Waals surface area contributed by atoms with Crippen LogP contribution in [0.25, 0.3) is 0 Å².